The second kappa shape index (κ2) is 6.16. The highest BCUT2D eigenvalue weighted by atomic mass is 35.5. The third-order valence-electron chi connectivity index (χ3n) is 2.13. The van der Waals surface area contributed by atoms with Crippen molar-refractivity contribution < 1.29 is 9.84 Å². The minimum absolute atomic E-state index is 0.287. The minimum Gasteiger partial charge on any atom is -0.389 e. The third kappa shape index (κ3) is 4.12. The largest absolute Gasteiger partial charge is 0.389 e. The number of rotatable bonds is 6. The average Bonchev–Trinajstić information content (AvgIpc) is 2.90. The van der Waals surface area contributed by atoms with Crippen molar-refractivity contribution in [3.8, 4) is 0 Å². The Morgan fingerprint density at radius 1 is 1.59 bits per heavy atom. The molecule has 0 saturated heterocycles. The molecule has 0 radical (unpaired) electrons. The zero-order valence-electron chi connectivity index (χ0n) is 9.12. The van der Waals surface area contributed by atoms with Crippen LogP contribution in [0.25, 0.3) is 0 Å². The summed E-state index contributed by atoms with van der Waals surface area (Å²) in [6, 6.07) is 3.98. The lowest BCUT2D eigenvalue weighted by Gasteiger charge is -2.10. The summed E-state index contributed by atoms with van der Waals surface area (Å²) in [5.41, 5.74) is 0. The highest BCUT2D eigenvalue weighted by Crippen LogP contribution is 2.10. The van der Waals surface area contributed by atoms with Gasteiger partial charge in [-0.25, -0.2) is 0 Å². The first-order valence-electron chi connectivity index (χ1n) is 5.20. The molecule has 2 aromatic heterocycles. The first-order chi connectivity index (χ1) is 8.24. The van der Waals surface area contributed by atoms with Crippen molar-refractivity contribution in [2.24, 2.45) is 0 Å². The topological polar surface area (TPSA) is 47.3 Å². The number of thiophene rings is 1. The van der Waals surface area contributed by atoms with E-state index in [-0.39, 0.29) is 6.61 Å². The van der Waals surface area contributed by atoms with Crippen molar-refractivity contribution in [2.45, 2.75) is 19.3 Å². The molecule has 2 aromatic rings. The van der Waals surface area contributed by atoms with Gasteiger partial charge in [0.05, 0.1) is 37.1 Å². The zero-order chi connectivity index (χ0) is 12.1. The molecule has 6 heteroatoms. The first kappa shape index (κ1) is 12.6. The Balaban J connectivity index is 1.69. The summed E-state index contributed by atoms with van der Waals surface area (Å²) < 4.78 is 7.00. The van der Waals surface area contributed by atoms with E-state index >= 15 is 0 Å². The van der Waals surface area contributed by atoms with Gasteiger partial charge in [0.1, 0.15) is 0 Å². The van der Waals surface area contributed by atoms with Crippen molar-refractivity contribution in [1.82, 2.24) is 9.78 Å². The number of nitrogens with zero attached hydrogens (tertiary/aromatic N) is 2. The summed E-state index contributed by atoms with van der Waals surface area (Å²) in [5, 5.41) is 16.3. The van der Waals surface area contributed by atoms with Gasteiger partial charge in [-0.05, 0) is 11.4 Å². The number of aliphatic hydroxyl groups is 1. The Hall–Kier alpha value is -0.880. The van der Waals surface area contributed by atoms with E-state index in [0.29, 0.717) is 18.2 Å². The zero-order valence-corrected chi connectivity index (χ0v) is 10.7. The molecule has 0 unspecified atom stereocenters. The summed E-state index contributed by atoms with van der Waals surface area (Å²) >= 11 is 7.36. The molecule has 2 rings (SSSR count). The summed E-state index contributed by atoms with van der Waals surface area (Å²) in [5.74, 6) is 0. The summed E-state index contributed by atoms with van der Waals surface area (Å²) in [6.45, 7) is 1.21. The van der Waals surface area contributed by atoms with Gasteiger partial charge in [0.15, 0.2) is 0 Å². The molecular formula is C11H13ClN2O2S. The molecule has 0 bridgehead atoms. The quantitative estimate of drug-likeness (QED) is 0.877. The lowest BCUT2D eigenvalue weighted by Crippen LogP contribution is -2.22. The van der Waals surface area contributed by atoms with Gasteiger partial charge in [0, 0.05) is 11.1 Å². The van der Waals surface area contributed by atoms with Crippen LogP contribution in [0.15, 0.2) is 29.9 Å². The molecule has 1 N–H and O–H groups in total. The van der Waals surface area contributed by atoms with Crippen LogP contribution >= 0.6 is 22.9 Å². The van der Waals surface area contributed by atoms with Crippen LogP contribution in [0.5, 0.6) is 0 Å². The Morgan fingerprint density at radius 3 is 3.12 bits per heavy atom. The van der Waals surface area contributed by atoms with Crippen molar-refractivity contribution >= 4 is 22.9 Å². The Morgan fingerprint density at radius 2 is 2.47 bits per heavy atom. The lowest BCUT2D eigenvalue weighted by molar-refractivity contribution is 0.0196. The molecule has 0 aliphatic heterocycles. The van der Waals surface area contributed by atoms with E-state index < -0.39 is 6.10 Å². The van der Waals surface area contributed by atoms with Gasteiger partial charge in [-0.2, -0.15) is 5.10 Å². The number of aliphatic hydroxyl groups excluding tert-OH is 1. The third-order valence-corrected chi connectivity index (χ3v) is 3.18. The number of hydrogen-bond donors (Lipinski definition) is 1. The second-order valence-corrected chi connectivity index (χ2v) is 5.10. The molecule has 0 saturated carbocycles. The van der Waals surface area contributed by atoms with Crippen molar-refractivity contribution in [3.63, 3.8) is 0 Å². The fourth-order valence-electron chi connectivity index (χ4n) is 1.40. The number of hydrogen-bond acceptors (Lipinski definition) is 4. The molecule has 92 valence electrons. The molecule has 17 heavy (non-hydrogen) atoms. The monoisotopic (exact) mass is 272 g/mol. The van der Waals surface area contributed by atoms with Gasteiger partial charge >= 0.3 is 0 Å². The Bertz CT molecular complexity index is 444. The maximum absolute atomic E-state index is 9.71. The first-order valence-corrected chi connectivity index (χ1v) is 6.46. The van der Waals surface area contributed by atoms with Crippen molar-refractivity contribution in [1.29, 1.82) is 0 Å². The number of aromatic nitrogens is 2. The van der Waals surface area contributed by atoms with Gasteiger partial charge in [0.25, 0.3) is 0 Å². The van der Waals surface area contributed by atoms with E-state index in [1.807, 2.05) is 17.5 Å². The van der Waals surface area contributed by atoms with Gasteiger partial charge < -0.3 is 9.84 Å². The second-order valence-electron chi connectivity index (χ2n) is 3.63. The van der Waals surface area contributed by atoms with Crippen LogP contribution in [0.4, 0.5) is 0 Å². The van der Waals surface area contributed by atoms with Crippen molar-refractivity contribution in [3.05, 3.63) is 39.8 Å². The van der Waals surface area contributed by atoms with Crippen molar-refractivity contribution in [2.75, 3.05) is 6.61 Å². The van der Waals surface area contributed by atoms with Crippen LogP contribution in [-0.4, -0.2) is 27.6 Å². The van der Waals surface area contributed by atoms with Crippen LogP contribution in [0.2, 0.25) is 5.02 Å². The molecule has 0 fully saturated rings. The summed E-state index contributed by atoms with van der Waals surface area (Å²) in [6.07, 6.45) is 2.64. The van der Waals surface area contributed by atoms with Gasteiger partial charge in [0.2, 0.25) is 0 Å². The maximum atomic E-state index is 9.71. The highest BCUT2D eigenvalue weighted by Gasteiger charge is 2.06. The van der Waals surface area contributed by atoms with Gasteiger partial charge in [-0.1, -0.05) is 17.7 Å². The van der Waals surface area contributed by atoms with Crippen LogP contribution in [0, 0.1) is 0 Å². The highest BCUT2D eigenvalue weighted by molar-refractivity contribution is 7.09. The van der Waals surface area contributed by atoms with Gasteiger partial charge in [-0.3, -0.25) is 4.68 Å². The summed E-state index contributed by atoms with van der Waals surface area (Å²) in [7, 11) is 0. The maximum Gasteiger partial charge on any atom is 0.0969 e. The molecule has 4 nitrogen and oxygen atoms in total. The molecule has 0 aliphatic rings. The standard InChI is InChI=1S/C11H13ClN2O2S/c12-9-4-13-14(5-9)6-10(15)7-16-8-11-2-1-3-17-11/h1-5,10,15H,6-8H2/t10-/m1/s1. The number of ether oxygens (including phenoxy) is 1. The molecular weight excluding hydrogens is 260 g/mol. The van der Waals surface area contributed by atoms with Crippen LogP contribution in [-0.2, 0) is 17.9 Å². The molecule has 2 heterocycles. The van der Waals surface area contributed by atoms with E-state index in [2.05, 4.69) is 5.10 Å². The Labute approximate surface area is 108 Å². The van der Waals surface area contributed by atoms with Crippen LogP contribution in [0.1, 0.15) is 4.88 Å². The fourth-order valence-corrected chi connectivity index (χ4v) is 2.19. The minimum atomic E-state index is -0.578. The fraction of sp³-hybridized carbons (Fsp3) is 0.364. The SMILES string of the molecule is O[C@@H](COCc1cccs1)Cn1cc(Cl)cn1. The molecule has 0 amide bonds. The van der Waals surface area contributed by atoms with Crippen LogP contribution < -0.4 is 0 Å². The Kier molecular flexibility index (Phi) is 4.56. The lowest BCUT2D eigenvalue weighted by atomic mass is 10.4. The molecule has 1 atom stereocenters. The molecule has 0 spiro atoms. The predicted molar refractivity (Wildman–Crippen MR) is 67.2 cm³/mol. The van der Waals surface area contributed by atoms with E-state index in [9.17, 15) is 5.11 Å². The normalized spacial score (nSPS) is 12.8. The smallest absolute Gasteiger partial charge is 0.0969 e. The summed E-state index contributed by atoms with van der Waals surface area (Å²) in [4.78, 5) is 1.15. The van der Waals surface area contributed by atoms with Crippen LogP contribution in [0.3, 0.4) is 0 Å². The van der Waals surface area contributed by atoms with E-state index in [0.717, 1.165) is 4.88 Å². The predicted octanol–water partition coefficient (Wildman–Crippen LogP) is 2.18. The number of halogens is 1. The van der Waals surface area contributed by atoms with E-state index in [1.54, 1.807) is 28.4 Å². The van der Waals surface area contributed by atoms with Gasteiger partial charge in [-0.15, -0.1) is 11.3 Å². The molecule has 0 aromatic carbocycles. The van der Waals surface area contributed by atoms with E-state index in [4.69, 9.17) is 16.3 Å². The molecule has 0 aliphatic carbocycles. The van der Waals surface area contributed by atoms with E-state index in [1.165, 1.54) is 0 Å². The average molecular weight is 273 g/mol.